The van der Waals surface area contributed by atoms with Gasteiger partial charge in [-0.05, 0) is 12.8 Å². The lowest BCUT2D eigenvalue weighted by atomic mass is 10.1. The predicted molar refractivity (Wildman–Crippen MR) is 67.8 cm³/mol. The van der Waals surface area contributed by atoms with Crippen LogP contribution in [0.5, 0.6) is 0 Å². The molecular weight excluding hydrogens is 232 g/mol. The molecule has 0 unspecified atom stereocenters. The molecule has 18 heavy (non-hydrogen) atoms. The van der Waals surface area contributed by atoms with Crippen LogP contribution in [0, 0.1) is 0 Å². The monoisotopic (exact) mass is 254 g/mol. The summed E-state index contributed by atoms with van der Waals surface area (Å²) in [5, 5.41) is 16.6. The van der Waals surface area contributed by atoms with E-state index in [1.54, 1.807) is 22.0 Å². The average molecular weight is 254 g/mol. The largest absolute Gasteiger partial charge is 0.395 e. The number of carbonyl (C=O) groups excluding carboxylic acids is 1. The molecule has 1 aromatic rings. The number of aryl methyl sites for hydroxylation is 1. The Morgan fingerprint density at radius 1 is 1.44 bits per heavy atom. The Morgan fingerprint density at radius 2 is 2.17 bits per heavy atom. The van der Waals surface area contributed by atoms with Crippen LogP contribution in [0.2, 0.25) is 0 Å². The standard InChI is InChI=1S/C12H22N4O2/c1-3-11(4-2)16(9-10-17)12(18)5-7-15-8-6-13-14-15/h6,8,11,17H,3-5,7,9-10H2,1-2H3. The number of nitrogens with zero attached hydrogens (tertiary/aromatic N) is 4. The maximum atomic E-state index is 12.1. The fourth-order valence-electron chi connectivity index (χ4n) is 2.05. The Labute approximate surface area is 108 Å². The molecule has 6 nitrogen and oxygen atoms in total. The van der Waals surface area contributed by atoms with Crippen LogP contribution in [0.15, 0.2) is 12.4 Å². The van der Waals surface area contributed by atoms with Crippen molar-refractivity contribution in [3.05, 3.63) is 12.4 Å². The number of amides is 1. The highest BCUT2D eigenvalue weighted by Crippen LogP contribution is 2.10. The van der Waals surface area contributed by atoms with Crippen LogP contribution in [0.25, 0.3) is 0 Å². The van der Waals surface area contributed by atoms with Crippen molar-refractivity contribution in [3.63, 3.8) is 0 Å². The van der Waals surface area contributed by atoms with Gasteiger partial charge in [-0.1, -0.05) is 19.1 Å². The van der Waals surface area contributed by atoms with Gasteiger partial charge in [-0.3, -0.25) is 9.48 Å². The van der Waals surface area contributed by atoms with E-state index >= 15 is 0 Å². The smallest absolute Gasteiger partial charge is 0.224 e. The van der Waals surface area contributed by atoms with Gasteiger partial charge in [0.2, 0.25) is 5.91 Å². The summed E-state index contributed by atoms with van der Waals surface area (Å²) >= 11 is 0. The zero-order chi connectivity index (χ0) is 13.4. The van der Waals surface area contributed by atoms with E-state index in [2.05, 4.69) is 24.2 Å². The van der Waals surface area contributed by atoms with Crippen molar-refractivity contribution in [2.24, 2.45) is 0 Å². The number of aliphatic hydroxyl groups is 1. The third kappa shape index (κ3) is 4.10. The molecule has 1 rings (SSSR count). The van der Waals surface area contributed by atoms with Gasteiger partial charge in [0.1, 0.15) is 0 Å². The van der Waals surface area contributed by atoms with Crippen LogP contribution < -0.4 is 0 Å². The van der Waals surface area contributed by atoms with Crippen LogP contribution >= 0.6 is 0 Å². The van der Waals surface area contributed by atoms with E-state index in [0.717, 1.165) is 12.8 Å². The van der Waals surface area contributed by atoms with Crippen molar-refractivity contribution in [1.82, 2.24) is 19.9 Å². The Kier molecular flexibility index (Phi) is 6.35. The van der Waals surface area contributed by atoms with E-state index in [1.807, 2.05) is 0 Å². The molecule has 6 heteroatoms. The minimum Gasteiger partial charge on any atom is -0.395 e. The first-order chi connectivity index (χ1) is 8.72. The lowest BCUT2D eigenvalue weighted by Crippen LogP contribution is -2.41. The topological polar surface area (TPSA) is 71.2 Å². The Morgan fingerprint density at radius 3 is 2.67 bits per heavy atom. The summed E-state index contributed by atoms with van der Waals surface area (Å²) in [4.78, 5) is 13.9. The summed E-state index contributed by atoms with van der Waals surface area (Å²) in [6.45, 7) is 5.06. The molecule has 0 saturated heterocycles. The molecule has 1 N–H and O–H groups in total. The Hall–Kier alpha value is -1.43. The van der Waals surface area contributed by atoms with Gasteiger partial charge in [0, 0.05) is 25.2 Å². The fraction of sp³-hybridized carbons (Fsp3) is 0.750. The van der Waals surface area contributed by atoms with Crippen LogP contribution in [0.3, 0.4) is 0 Å². The van der Waals surface area contributed by atoms with Gasteiger partial charge in [-0.2, -0.15) is 0 Å². The van der Waals surface area contributed by atoms with Crippen molar-refractivity contribution >= 4 is 5.91 Å². The number of aromatic nitrogens is 3. The van der Waals surface area contributed by atoms with E-state index < -0.39 is 0 Å². The van der Waals surface area contributed by atoms with E-state index in [9.17, 15) is 4.79 Å². The number of carbonyl (C=O) groups is 1. The number of rotatable bonds is 8. The minimum atomic E-state index is 0.00552. The van der Waals surface area contributed by atoms with Gasteiger partial charge in [0.05, 0.1) is 19.3 Å². The van der Waals surface area contributed by atoms with Gasteiger partial charge < -0.3 is 10.0 Å². The second kappa shape index (κ2) is 7.81. The molecule has 0 fully saturated rings. The third-order valence-corrected chi connectivity index (χ3v) is 3.07. The summed E-state index contributed by atoms with van der Waals surface area (Å²) < 4.78 is 1.64. The quantitative estimate of drug-likeness (QED) is 0.740. The summed E-state index contributed by atoms with van der Waals surface area (Å²) in [5.41, 5.74) is 0. The fourth-order valence-corrected chi connectivity index (χ4v) is 2.05. The van der Waals surface area contributed by atoms with Crippen molar-refractivity contribution < 1.29 is 9.90 Å². The van der Waals surface area contributed by atoms with Gasteiger partial charge in [-0.25, -0.2) is 0 Å². The van der Waals surface area contributed by atoms with E-state index in [-0.39, 0.29) is 18.6 Å². The molecule has 0 aliphatic heterocycles. The maximum Gasteiger partial charge on any atom is 0.224 e. The SMILES string of the molecule is CCC(CC)N(CCO)C(=O)CCn1ccnn1. The lowest BCUT2D eigenvalue weighted by Gasteiger charge is -2.30. The molecule has 1 amide bonds. The van der Waals surface area contributed by atoms with Gasteiger partial charge in [-0.15, -0.1) is 5.10 Å². The van der Waals surface area contributed by atoms with Gasteiger partial charge in [0.25, 0.3) is 0 Å². The first kappa shape index (κ1) is 14.6. The van der Waals surface area contributed by atoms with E-state index in [4.69, 9.17) is 5.11 Å². The molecule has 0 saturated carbocycles. The zero-order valence-electron chi connectivity index (χ0n) is 11.1. The first-order valence-electron chi connectivity index (χ1n) is 6.47. The molecule has 1 heterocycles. The van der Waals surface area contributed by atoms with Crippen LogP contribution in [0.1, 0.15) is 33.1 Å². The highest BCUT2D eigenvalue weighted by atomic mass is 16.3. The normalized spacial score (nSPS) is 10.9. The minimum absolute atomic E-state index is 0.00552. The third-order valence-electron chi connectivity index (χ3n) is 3.07. The maximum absolute atomic E-state index is 12.1. The van der Waals surface area contributed by atoms with Crippen LogP contribution in [-0.2, 0) is 11.3 Å². The molecule has 0 bridgehead atoms. The highest BCUT2D eigenvalue weighted by molar-refractivity contribution is 5.76. The second-order valence-corrected chi connectivity index (χ2v) is 4.20. The van der Waals surface area contributed by atoms with Crippen LogP contribution in [-0.4, -0.2) is 50.1 Å². The van der Waals surface area contributed by atoms with Gasteiger partial charge in [0.15, 0.2) is 0 Å². The summed E-state index contributed by atoms with van der Waals surface area (Å²) in [7, 11) is 0. The summed E-state index contributed by atoms with van der Waals surface area (Å²) in [6.07, 6.45) is 5.54. The summed E-state index contributed by atoms with van der Waals surface area (Å²) in [5.74, 6) is 0.0632. The molecule has 0 aliphatic carbocycles. The average Bonchev–Trinajstić information content (AvgIpc) is 2.89. The van der Waals surface area contributed by atoms with Crippen molar-refractivity contribution in [2.75, 3.05) is 13.2 Å². The molecule has 0 aliphatic rings. The van der Waals surface area contributed by atoms with Crippen molar-refractivity contribution in [3.8, 4) is 0 Å². The molecular formula is C12H22N4O2. The molecule has 0 atom stereocenters. The second-order valence-electron chi connectivity index (χ2n) is 4.20. The zero-order valence-corrected chi connectivity index (χ0v) is 11.1. The number of hydrogen-bond acceptors (Lipinski definition) is 4. The molecule has 1 aromatic heterocycles. The van der Waals surface area contributed by atoms with Crippen molar-refractivity contribution in [2.45, 2.75) is 45.7 Å². The first-order valence-corrected chi connectivity index (χ1v) is 6.47. The van der Waals surface area contributed by atoms with Gasteiger partial charge >= 0.3 is 0 Å². The lowest BCUT2D eigenvalue weighted by molar-refractivity contribution is -0.134. The molecule has 102 valence electrons. The Bertz CT molecular complexity index is 336. The van der Waals surface area contributed by atoms with Crippen molar-refractivity contribution in [1.29, 1.82) is 0 Å². The summed E-state index contributed by atoms with van der Waals surface area (Å²) in [6, 6.07) is 0.209. The van der Waals surface area contributed by atoms with E-state index in [1.165, 1.54) is 0 Å². The van der Waals surface area contributed by atoms with Crippen LogP contribution in [0.4, 0.5) is 0 Å². The highest BCUT2D eigenvalue weighted by Gasteiger charge is 2.20. The molecule has 0 radical (unpaired) electrons. The van der Waals surface area contributed by atoms with E-state index in [0.29, 0.717) is 19.5 Å². The molecule has 0 spiro atoms. The number of aliphatic hydroxyl groups excluding tert-OH is 1. The Balaban J connectivity index is 2.53. The predicted octanol–water partition coefficient (Wildman–Crippen LogP) is 0.678. The molecule has 0 aromatic carbocycles. The number of hydrogen-bond donors (Lipinski definition) is 1.